The summed E-state index contributed by atoms with van der Waals surface area (Å²) in [5.74, 6) is -0.209. The second-order valence-corrected chi connectivity index (χ2v) is 6.03. The van der Waals surface area contributed by atoms with Crippen LogP contribution in [-0.2, 0) is 4.79 Å². The molecule has 1 atom stereocenters. The lowest BCUT2D eigenvalue weighted by Gasteiger charge is -2.33. The number of hydrogen-bond acceptors (Lipinski definition) is 3. The van der Waals surface area contributed by atoms with E-state index in [4.69, 9.17) is 17.3 Å². The number of nitrogens with two attached hydrogens (primary N) is 1. The van der Waals surface area contributed by atoms with E-state index in [1.165, 1.54) is 0 Å². The number of carbonyl (C=O) groups excluding carboxylic acids is 2. The van der Waals surface area contributed by atoms with Crippen LogP contribution in [0.2, 0.25) is 5.02 Å². The molecule has 2 rings (SSSR count). The van der Waals surface area contributed by atoms with E-state index in [-0.39, 0.29) is 24.3 Å². The minimum Gasteiger partial charge on any atom is -0.336 e. The lowest BCUT2D eigenvalue weighted by atomic mass is 10.0. The van der Waals surface area contributed by atoms with Gasteiger partial charge in [0, 0.05) is 31.2 Å². The Morgan fingerprint density at radius 2 is 2.18 bits per heavy atom. The Morgan fingerprint density at radius 3 is 2.82 bits per heavy atom. The van der Waals surface area contributed by atoms with Crippen molar-refractivity contribution in [3.05, 3.63) is 28.8 Å². The predicted octanol–water partition coefficient (Wildman–Crippen LogP) is 2.64. The number of rotatable bonds is 4. The molecule has 1 aromatic rings. The summed E-state index contributed by atoms with van der Waals surface area (Å²) in [6.45, 7) is 3.13. The first-order chi connectivity index (χ1) is 10.5. The van der Waals surface area contributed by atoms with Gasteiger partial charge in [0.25, 0.3) is 5.91 Å². The first-order valence-electron chi connectivity index (χ1n) is 7.63. The number of amides is 2. The van der Waals surface area contributed by atoms with Crippen LogP contribution in [0.1, 0.15) is 43.0 Å². The molecule has 0 bridgehead atoms. The summed E-state index contributed by atoms with van der Waals surface area (Å²) < 4.78 is 0. The fourth-order valence-corrected chi connectivity index (χ4v) is 2.94. The van der Waals surface area contributed by atoms with Crippen LogP contribution in [0.5, 0.6) is 0 Å². The van der Waals surface area contributed by atoms with Gasteiger partial charge in [0.15, 0.2) is 0 Å². The van der Waals surface area contributed by atoms with E-state index >= 15 is 0 Å². The summed E-state index contributed by atoms with van der Waals surface area (Å²) in [6, 6.07) is 5.21. The fraction of sp³-hybridized carbons (Fsp3) is 0.500. The van der Waals surface area contributed by atoms with Gasteiger partial charge < -0.3 is 16.0 Å². The van der Waals surface area contributed by atoms with Crippen LogP contribution in [0.25, 0.3) is 0 Å². The third-order valence-electron chi connectivity index (χ3n) is 3.92. The van der Waals surface area contributed by atoms with Gasteiger partial charge in [-0.1, -0.05) is 11.6 Å². The van der Waals surface area contributed by atoms with Crippen molar-refractivity contribution in [2.24, 2.45) is 5.73 Å². The molecule has 0 saturated carbocycles. The van der Waals surface area contributed by atoms with E-state index in [0.29, 0.717) is 22.8 Å². The molecule has 22 heavy (non-hydrogen) atoms. The zero-order valence-corrected chi connectivity index (χ0v) is 13.5. The standard InChI is InChI=1S/C16H22ClN3O2/c1-11-4-2-3-9-20(11)16(22)13-6-5-12(10-14(13)17)19-15(21)7-8-18/h5-6,10-11H,2-4,7-9,18H2,1H3,(H,19,21). The van der Waals surface area contributed by atoms with Crippen LogP contribution >= 0.6 is 11.6 Å². The van der Waals surface area contributed by atoms with Gasteiger partial charge in [-0.2, -0.15) is 0 Å². The number of hydrogen-bond donors (Lipinski definition) is 2. The molecule has 1 aliphatic rings. The topological polar surface area (TPSA) is 75.4 Å². The number of carbonyl (C=O) groups is 2. The van der Waals surface area contributed by atoms with Gasteiger partial charge >= 0.3 is 0 Å². The molecule has 6 heteroatoms. The molecule has 1 aliphatic heterocycles. The number of anilines is 1. The van der Waals surface area contributed by atoms with Gasteiger partial charge in [0.05, 0.1) is 10.6 Å². The van der Waals surface area contributed by atoms with Crippen molar-refractivity contribution < 1.29 is 9.59 Å². The second kappa shape index (κ2) is 7.61. The van der Waals surface area contributed by atoms with E-state index < -0.39 is 0 Å². The van der Waals surface area contributed by atoms with E-state index in [1.54, 1.807) is 18.2 Å². The van der Waals surface area contributed by atoms with Gasteiger partial charge in [0.2, 0.25) is 5.91 Å². The minimum atomic E-state index is -0.165. The highest BCUT2D eigenvalue weighted by Gasteiger charge is 2.25. The molecule has 1 saturated heterocycles. The molecule has 5 nitrogen and oxygen atoms in total. The first kappa shape index (κ1) is 16.8. The summed E-state index contributed by atoms with van der Waals surface area (Å²) in [5.41, 5.74) is 6.39. The molecule has 2 amide bonds. The van der Waals surface area contributed by atoms with Gasteiger partial charge in [0.1, 0.15) is 0 Å². The van der Waals surface area contributed by atoms with Gasteiger partial charge in [-0.3, -0.25) is 9.59 Å². The molecule has 1 fully saturated rings. The Hall–Kier alpha value is -1.59. The maximum atomic E-state index is 12.6. The van der Waals surface area contributed by atoms with Crippen molar-refractivity contribution in [2.45, 2.75) is 38.6 Å². The van der Waals surface area contributed by atoms with Gasteiger partial charge in [-0.25, -0.2) is 0 Å². The highest BCUT2D eigenvalue weighted by Crippen LogP contribution is 2.25. The molecular weight excluding hydrogens is 302 g/mol. The van der Waals surface area contributed by atoms with Crippen LogP contribution in [0.3, 0.4) is 0 Å². The summed E-state index contributed by atoms with van der Waals surface area (Å²) in [6.07, 6.45) is 3.46. The van der Waals surface area contributed by atoms with E-state index in [0.717, 1.165) is 25.8 Å². The number of nitrogens with zero attached hydrogens (tertiary/aromatic N) is 1. The Morgan fingerprint density at radius 1 is 1.41 bits per heavy atom. The van der Waals surface area contributed by atoms with Crippen molar-refractivity contribution in [1.82, 2.24) is 4.90 Å². The molecule has 1 heterocycles. The minimum absolute atomic E-state index is 0.0444. The highest BCUT2D eigenvalue weighted by molar-refractivity contribution is 6.34. The average Bonchev–Trinajstić information content (AvgIpc) is 2.47. The van der Waals surface area contributed by atoms with E-state index in [1.807, 2.05) is 4.90 Å². The maximum absolute atomic E-state index is 12.6. The maximum Gasteiger partial charge on any atom is 0.255 e. The Kier molecular flexibility index (Phi) is 5.80. The molecule has 0 radical (unpaired) electrons. The van der Waals surface area contributed by atoms with Gasteiger partial charge in [-0.15, -0.1) is 0 Å². The van der Waals surface area contributed by atoms with Crippen LogP contribution in [-0.4, -0.2) is 35.8 Å². The number of likely N-dealkylation sites (tertiary alicyclic amines) is 1. The van der Waals surface area contributed by atoms with Crippen molar-refractivity contribution in [2.75, 3.05) is 18.4 Å². The summed E-state index contributed by atoms with van der Waals surface area (Å²) in [7, 11) is 0. The zero-order valence-electron chi connectivity index (χ0n) is 12.8. The summed E-state index contributed by atoms with van der Waals surface area (Å²) in [5, 5.41) is 3.06. The van der Waals surface area contributed by atoms with Crippen LogP contribution in [0.4, 0.5) is 5.69 Å². The molecular formula is C16H22ClN3O2. The monoisotopic (exact) mass is 323 g/mol. The molecule has 0 spiro atoms. The lowest BCUT2D eigenvalue weighted by Crippen LogP contribution is -2.42. The first-order valence-corrected chi connectivity index (χ1v) is 8.01. The quantitative estimate of drug-likeness (QED) is 0.894. The van der Waals surface area contributed by atoms with Crippen LogP contribution < -0.4 is 11.1 Å². The van der Waals surface area contributed by atoms with Crippen molar-refractivity contribution in [1.29, 1.82) is 0 Å². The van der Waals surface area contributed by atoms with Crippen molar-refractivity contribution >= 4 is 29.1 Å². The lowest BCUT2D eigenvalue weighted by molar-refractivity contribution is -0.116. The average molecular weight is 324 g/mol. The number of piperidine rings is 1. The Bertz CT molecular complexity index is 562. The molecule has 1 unspecified atom stereocenters. The fourth-order valence-electron chi connectivity index (χ4n) is 2.68. The van der Waals surface area contributed by atoms with E-state index in [9.17, 15) is 9.59 Å². The predicted molar refractivity (Wildman–Crippen MR) is 88.1 cm³/mol. The normalized spacial score (nSPS) is 18.1. The molecule has 120 valence electrons. The third-order valence-corrected chi connectivity index (χ3v) is 4.23. The van der Waals surface area contributed by atoms with Crippen molar-refractivity contribution in [3.63, 3.8) is 0 Å². The molecule has 1 aromatic carbocycles. The van der Waals surface area contributed by atoms with E-state index in [2.05, 4.69) is 12.2 Å². The summed E-state index contributed by atoms with van der Waals surface area (Å²) >= 11 is 6.23. The molecule has 3 N–H and O–H groups in total. The van der Waals surface area contributed by atoms with Crippen molar-refractivity contribution in [3.8, 4) is 0 Å². The number of benzene rings is 1. The van der Waals surface area contributed by atoms with Crippen LogP contribution in [0, 0.1) is 0 Å². The summed E-state index contributed by atoms with van der Waals surface area (Å²) in [4.78, 5) is 26.0. The number of nitrogens with one attached hydrogen (secondary N) is 1. The third kappa shape index (κ3) is 3.99. The highest BCUT2D eigenvalue weighted by atomic mass is 35.5. The molecule has 0 aromatic heterocycles. The smallest absolute Gasteiger partial charge is 0.255 e. The SMILES string of the molecule is CC1CCCCN1C(=O)c1ccc(NC(=O)CCN)cc1Cl. The Balaban J connectivity index is 2.11. The van der Waals surface area contributed by atoms with Gasteiger partial charge in [-0.05, 0) is 44.4 Å². The second-order valence-electron chi connectivity index (χ2n) is 5.62. The zero-order chi connectivity index (χ0) is 16.1. The number of halogens is 1. The Labute approximate surface area is 135 Å². The largest absolute Gasteiger partial charge is 0.336 e. The molecule has 0 aliphatic carbocycles. The van der Waals surface area contributed by atoms with Crippen LogP contribution in [0.15, 0.2) is 18.2 Å².